The fraction of sp³-hybridized carbons (Fsp3) is 0.286. The van der Waals surface area contributed by atoms with Gasteiger partial charge >= 0.3 is 0 Å². The van der Waals surface area contributed by atoms with E-state index in [0.29, 0.717) is 12.2 Å². The highest BCUT2D eigenvalue weighted by molar-refractivity contribution is 6.37. The molecule has 22 heavy (non-hydrogen) atoms. The standard InChI is InChI=1S/C14H14Cl3N3O2/c1-2-3-4-20-14(21)12(17)11(7-19-20)22-13-9(15)5-8(18)6-10(13)16/h5-7H,2-4,18H2,1H3. The number of unbranched alkanes of at least 4 members (excludes halogenated alkanes) is 1. The van der Waals surface area contributed by atoms with Crippen molar-refractivity contribution in [2.45, 2.75) is 26.3 Å². The minimum absolute atomic E-state index is 0.0740. The minimum atomic E-state index is -0.421. The molecular weight excluding hydrogens is 349 g/mol. The summed E-state index contributed by atoms with van der Waals surface area (Å²) in [5.74, 6) is 0.264. The highest BCUT2D eigenvalue weighted by Crippen LogP contribution is 2.39. The third-order valence-electron chi connectivity index (χ3n) is 2.91. The first kappa shape index (κ1) is 16.9. The third-order valence-corrected chi connectivity index (χ3v) is 3.82. The molecule has 2 rings (SSSR count). The lowest BCUT2D eigenvalue weighted by atomic mass is 10.3. The summed E-state index contributed by atoms with van der Waals surface area (Å²) in [5, 5.41) is 4.40. The molecule has 0 atom stereocenters. The first-order valence-corrected chi connectivity index (χ1v) is 7.75. The van der Waals surface area contributed by atoms with E-state index >= 15 is 0 Å². The van der Waals surface area contributed by atoms with Crippen molar-refractivity contribution >= 4 is 40.5 Å². The number of aryl methyl sites for hydroxylation is 1. The van der Waals surface area contributed by atoms with Gasteiger partial charge < -0.3 is 10.5 Å². The molecule has 1 aromatic heterocycles. The highest BCUT2D eigenvalue weighted by atomic mass is 35.5. The molecular formula is C14H14Cl3N3O2. The Bertz CT molecular complexity index is 724. The van der Waals surface area contributed by atoms with Gasteiger partial charge in [-0.25, -0.2) is 4.68 Å². The van der Waals surface area contributed by atoms with E-state index < -0.39 is 5.56 Å². The van der Waals surface area contributed by atoms with Crippen molar-refractivity contribution < 1.29 is 4.74 Å². The van der Waals surface area contributed by atoms with Crippen LogP contribution in [0.15, 0.2) is 23.1 Å². The molecule has 2 N–H and O–H groups in total. The van der Waals surface area contributed by atoms with E-state index in [1.807, 2.05) is 6.92 Å². The second-order valence-corrected chi connectivity index (χ2v) is 5.81. The van der Waals surface area contributed by atoms with Gasteiger partial charge in [-0.1, -0.05) is 48.1 Å². The summed E-state index contributed by atoms with van der Waals surface area (Å²) in [5.41, 5.74) is 5.61. The molecule has 0 fully saturated rings. The second-order valence-electron chi connectivity index (χ2n) is 4.62. The molecule has 2 aromatic rings. The van der Waals surface area contributed by atoms with Gasteiger partial charge in [0.25, 0.3) is 5.56 Å². The Hall–Kier alpha value is -1.43. The molecule has 8 heteroatoms. The van der Waals surface area contributed by atoms with Crippen LogP contribution in [0.25, 0.3) is 0 Å². The molecule has 0 aliphatic rings. The molecule has 0 saturated heterocycles. The monoisotopic (exact) mass is 361 g/mol. The van der Waals surface area contributed by atoms with Gasteiger partial charge in [-0.15, -0.1) is 0 Å². The Morgan fingerprint density at radius 1 is 1.27 bits per heavy atom. The number of nitrogens with two attached hydrogens (primary N) is 1. The summed E-state index contributed by atoms with van der Waals surface area (Å²) in [7, 11) is 0. The number of anilines is 1. The minimum Gasteiger partial charge on any atom is -0.451 e. The van der Waals surface area contributed by atoms with Gasteiger partial charge in [0.15, 0.2) is 16.5 Å². The molecule has 0 aliphatic heterocycles. The van der Waals surface area contributed by atoms with Crippen LogP contribution in [0.2, 0.25) is 15.1 Å². The average molecular weight is 363 g/mol. The maximum atomic E-state index is 12.1. The predicted molar refractivity (Wildman–Crippen MR) is 89.4 cm³/mol. The summed E-state index contributed by atoms with van der Waals surface area (Å²) >= 11 is 18.1. The first-order chi connectivity index (χ1) is 10.4. The van der Waals surface area contributed by atoms with Crippen LogP contribution in [-0.4, -0.2) is 9.78 Å². The van der Waals surface area contributed by atoms with Gasteiger partial charge in [0.05, 0.1) is 16.2 Å². The normalized spacial score (nSPS) is 10.7. The number of hydrogen-bond donors (Lipinski definition) is 1. The smallest absolute Gasteiger partial charge is 0.289 e. The van der Waals surface area contributed by atoms with E-state index in [1.54, 1.807) is 0 Å². The number of nitrogen functional groups attached to an aromatic ring is 1. The van der Waals surface area contributed by atoms with E-state index in [4.69, 9.17) is 45.3 Å². The van der Waals surface area contributed by atoms with Crippen LogP contribution < -0.4 is 16.0 Å². The number of halogens is 3. The van der Waals surface area contributed by atoms with Gasteiger partial charge in [-0.05, 0) is 18.6 Å². The van der Waals surface area contributed by atoms with Crippen molar-refractivity contribution in [3.8, 4) is 11.5 Å². The van der Waals surface area contributed by atoms with Crippen molar-refractivity contribution in [3.05, 3.63) is 43.8 Å². The van der Waals surface area contributed by atoms with E-state index in [2.05, 4.69) is 5.10 Å². The number of ether oxygens (including phenoxy) is 1. The quantitative estimate of drug-likeness (QED) is 0.801. The van der Waals surface area contributed by atoms with Crippen LogP contribution in [0.1, 0.15) is 19.8 Å². The lowest BCUT2D eigenvalue weighted by Gasteiger charge is -2.12. The van der Waals surface area contributed by atoms with Gasteiger partial charge in [-0.2, -0.15) is 5.10 Å². The molecule has 118 valence electrons. The lowest BCUT2D eigenvalue weighted by molar-refractivity contribution is 0.464. The molecule has 1 heterocycles. The fourth-order valence-electron chi connectivity index (χ4n) is 1.78. The molecule has 0 spiro atoms. The number of hydrogen-bond acceptors (Lipinski definition) is 4. The lowest BCUT2D eigenvalue weighted by Crippen LogP contribution is -2.23. The number of rotatable bonds is 5. The number of nitrogens with zero attached hydrogens (tertiary/aromatic N) is 2. The summed E-state index contributed by atoms with van der Waals surface area (Å²) in [4.78, 5) is 12.1. The number of aromatic nitrogens is 2. The first-order valence-electron chi connectivity index (χ1n) is 6.62. The van der Waals surface area contributed by atoms with Gasteiger partial charge in [-0.3, -0.25) is 4.79 Å². The van der Waals surface area contributed by atoms with Crippen LogP contribution in [0, 0.1) is 0 Å². The zero-order chi connectivity index (χ0) is 16.3. The maximum Gasteiger partial charge on any atom is 0.289 e. The second kappa shape index (κ2) is 7.22. The Morgan fingerprint density at radius 3 is 2.50 bits per heavy atom. The predicted octanol–water partition coefficient (Wildman–Crippen LogP) is 4.38. The van der Waals surface area contributed by atoms with E-state index in [1.165, 1.54) is 23.0 Å². The molecule has 1 aromatic carbocycles. The SMILES string of the molecule is CCCCn1ncc(Oc2c(Cl)cc(N)cc2Cl)c(Cl)c1=O. The van der Waals surface area contributed by atoms with Crippen molar-refractivity contribution in [1.29, 1.82) is 0 Å². The zero-order valence-electron chi connectivity index (χ0n) is 11.8. The summed E-state index contributed by atoms with van der Waals surface area (Å²) < 4.78 is 6.84. The summed E-state index contributed by atoms with van der Waals surface area (Å²) in [6.07, 6.45) is 3.14. The van der Waals surface area contributed by atoms with Crippen molar-refractivity contribution in [1.82, 2.24) is 9.78 Å². The van der Waals surface area contributed by atoms with Gasteiger partial charge in [0.2, 0.25) is 0 Å². The molecule has 5 nitrogen and oxygen atoms in total. The average Bonchev–Trinajstić information content (AvgIpc) is 2.46. The molecule has 0 unspecified atom stereocenters. The molecule has 0 saturated carbocycles. The van der Waals surface area contributed by atoms with Crippen molar-refractivity contribution in [2.75, 3.05) is 5.73 Å². The van der Waals surface area contributed by atoms with Crippen LogP contribution in [0.4, 0.5) is 5.69 Å². The van der Waals surface area contributed by atoms with E-state index in [-0.39, 0.29) is 26.6 Å². The van der Waals surface area contributed by atoms with Crippen molar-refractivity contribution in [2.24, 2.45) is 0 Å². The fourth-order valence-corrected chi connectivity index (χ4v) is 2.54. The highest BCUT2D eigenvalue weighted by Gasteiger charge is 2.15. The van der Waals surface area contributed by atoms with E-state index in [9.17, 15) is 4.79 Å². The van der Waals surface area contributed by atoms with Crippen LogP contribution >= 0.6 is 34.8 Å². The Labute approximate surface area is 142 Å². The van der Waals surface area contributed by atoms with Crippen LogP contribution in [-0.2, 0) is 6.54 Å². The Balaban J connectivity index is 2.35. The maximum absolute atomic E-state index is 12.1. The molecule has 0 aliphatic carbocycles. The third kappa shape index (κ3) is 3.66. The molecule has 0 amide bonds. The van der Waals surface area contributed by atoms with Crippen molar-refractivity contribution in [3.63, 3.8) is 0 Å². The van der Waals surface area contributed by atoms with Gasteiger partial charge in [0, 0.05) is 12.2 Å². The topological polar surface area (TPSA) is 70.1 Å². The summed E-state index contributed by atoms with van der Waals surface area (Å²) in [6, 6.07) is 2.99. The molecule has 0 bridgehead atoms. The Kier molecular flexibility index (Phi) is 5.56. The van der Waals surface area contributed by atoms with Crippen LogP contribution in [0.5, 0.6) is 11.5 Å². The van der Waals surface area contributed by atoms with Crippen LogP contribution in [0.3, 0.4) is 0 Å². The molecule has 0 radical (unpaired) electrons. The van der Waals surface area contributed by atoms with Gasteiger partial charge in [0.1, 0.15) is 0 Å². The van der Waals surface area contributed by atoms with E-state index in [0.717, 1.165) is 12.8 Å². The Morgan fingerprint density at radius 2 is 1.91 bits per heavy atom. The zero-order valence-corrected chi connectivity index (χ0v) is 14.0. The number of benzene rings is 1. The summed E-state index contributed by atoms with van der Waals surface area (Å²) in [6.45, 7) is 2.52. The largest absolute Gasteiger partial charge is 0.451 e.